The third kappa shape index (κ3) is 9.89. The predicted molar refractivity (Wildman–Crippen MR) is 147 cm³/mol. The van der Waals surface area contributed by atoms with Crippen LogP contribution in [0.3, 0.4) is 0 Å². The molecule has 2 aromatic carbocycles. The van der Waals surface area contributed by atoms with Gasteiger partial charge in [0.2, 0.25) is 0 Å². The number of aliphatic hydroxyl groups excluding tert-OH is 1. The fourth-order valence-corrected chi connectivity index (χ4v) is 5.88. The molecule has 0 saturated heterocycles. The maximum Gasteiger partial charge on any atom is 0.120 e. The summed E-state index contributed by atoms with van der Waals surface area (Å²) in [5.74, 6) is 1.30. The monoisotopic (exact) mass is 535 g/mol. The third-order valence-electron chi connectivity index (χ3n) is 6.07. The molecule has 3 unspecified atom stereocenters. The van der Waals surface area contributed by atoms with Crippen LogP contribution in [0.25, 0.3) is 0 Å². The first kappa shape index (κ1) is 28.2. The molecule has 190 valence electrons. The van der Waals surface area contributed by atoms with Gasteiger partial charge in [-0.15, -0.1) is 0 Å². The van der Waals surface area contributed by atoms with Crippen LogP contribution in [-0.4, -0.2) is 35.3 Å². The van der Waals surface area contributed by atoms with Crippen LogP contribution in [0.4, 0.5) is 0 Å². The van der Waals surface area contributed by atoms with Crippen molar-refractivity contribution in [2.24, 2.45) is 11.7 Å². The first-order valence-electron chi connectivity index (χ1n) is 12.0. The minimum atomic E-state index is -0.627. The van der Waals surface area contributed by atoms with Gasteiger partial charge in [0, 0.05) is 26.3 Å². The lowest BCUT2D eigenvalue weighted by atomic mass is 9.91. The summed E-state index contributed by atoms with van der Waals surface area (Å²) in [6, 6.07) is 14.4. The molecule has 0 bridgehead atoms. The van der Waals surface area contributed by atoms with E-state index in [4.69, 9.17) is 27.3 Å². The first-order chi connectivity index (χ1) is 17.0. The summed E-state index contributed by atoms with van der Waals surface area (Å²) in [7, 11) is -0.00643. The largest absolute Gasteiger partial charge is 0.493 e. The van der Waals surface area contributed by atoms with Gasteiger partial charge in [0.25, 0.3) is 0 Å². The second-order valence-corrected chi connectivity index (χ2v) is 11.4. The summed E-state index contributed by atoms with van der Waals surface area (Å²) < 4.78 is 10.1. The van der Waals surface area contributed by atoms with E-state index in [1.54, 1.807) is 11.8 Å². The van der Waals surface area contributed by atoms with E-state index >= 15 is 0 Å². The van der Waals surface area contributed by atoms with E-state index in [9.17, 15) is 5.11 Å². The Morgan fingerprint density at radius 2 is 1.97 bits per heavy atom. The second-order valence-electron chi connectivity index (χ2n) is 8.91. The van der Waals surface area contributed by atoms with Crippen molar-refractivity contribution in [3.05, 3.63) is 77.4 Å². The van der Waals surface area contributed by atoms with Crippen molar-refractivity contribution in [2.45, 2.75) is 53.9 Å². The van der Waals surface area contributed by atoms with Crippen molar-refractivity contribution in [3.8, 4) is 5.75 Å². The minimum Gasteiger partial charge on any atom is -0.493 e. The maximum absolute atomic E-state index is 9.64. The van der Waals surface area contributed by atoms with Gasteiger partial charge in [-0.25, -0.2) is 9.93 Å². The van der Waals surface area contributed by atoms with E-state index in [-0.39, 0.29) is 15.4 Å². The first-order valence-corrected chi connectivity index (χ1v) is 14.3. The maximum atomic E-state index is 9.64. The molecule has 4 N–H and O–H groups in total. The molecule has 35 heavy (non-hydrogen) atoms. The number of unbranched alkanes of at least 4 members (excludes halogenated alkanes) is 1. The van der Waals surface area contributed by atoms with E-state index in [1.807, 2.05) is 18.2 Å². The molecule has 0 aliphatic heterocycles. The molecule has 0 aromatic heterocycles. The Kier molecular flexibility index (Phi) is 12.1. The standard InChI is InChI=1S/C27H35ClNO4PS/c28-26-18-25(13-12-22(26)9-4-5-14-27(29,20-30)15-16-34-33-31)35-24-11-6-10-23(17-24)32-19-21-7-2-1-3-8-21/h1-3,6-7,10-13,17-18,21,30-31,34H,4-5,8-9,14-16,19-20,29H2. The molecule has 1 aliphatic rings. The van der Waals surface area contributed by atoms with Crippen molar-refractivity contribution in [2.75, 3.05) is 19.4 Å². The number of rotatable bonds is 15. The summed E-state index contributed by atoms with van der Waals surface area (Å²) in [5, 5.41) is 18.9. The molecule has 0 radical (unpaired) electrons. The van der Waals surface area contributed by atoms with Crippen LogP contribution in [0.1, 0.15) is 37.7 Å². The number of ether oxygens (including phenoxy) is 1. The Balaban J connectivity index is 1.46. The average Bonchev–Trinajstić information content (AvgIpc) is 2.87. The van der Waals surface area contributed by atoms with Crippen LogP contribution in [0.2, 0.25) is 5.02 Å². The molecular formula is C27H35ClNO4PS. The number of benzene rings is 2. The summed E-state index contributed by atoms with van der Waals surface area (Å²) >= 11 is 8.26. The SMILES string of the molecule is NC(CO)(CCCCc1ccc(Sc2cccc(OCC3C=CC=CC3)c2)cc1Cl)CCPOO. The molecule has 3 atom stereocenters. The van der Waals surface area contributed by atoms with E-state index < -0.39 is 5.54 Å². The van der Waals surface area contributed by atoms with Crippen LogP contribution in [0.5, 0.6) is 5.75 Å². The summed E-state index contributed by atoms with van der Waals surface area (Å²) in [4.78, 5) is 2.20. The fourth-order valence-electron chi connectivity index (χ4n) is 3.94. The Morgan fingerprint density at radius 3 is 2.71 bits per heavy atom. The van der Waals surface area contributed by atoms with Crippen molar-refractivity contribution in [1.82, 2.24) is 0 Å². The molecule has 0 saturated carbocycles. The van der Waals surface area contributed by atoms with Crippen LogP contribution in [0.15, 0.2) is 76.6 Å². The molecule has 2 aromatic rings. The lowest BCUT2D eigenvalue weighted by Gasteiger charge is -2.27. The van der Waals surface area contributed by atoms with Crippen molar-refractivity contribution in [1.29, 1.82) is 0 Å². The Labute approximate surface area is 219 Å². The van der Waals surface area contributed by atoms with Crippen LogP contribution < -0.4 is 10.5 Å². The molecule has 0 spiro atoms. The van der Waals surface area contributed by atoms with E-state index in [0.29, 0.717) is 25.1 Å². The molecular weight excluding hydrogens is 501 g/mol. The highest BCUT2D eigenvalue weighted by Crippen LogP contribution is 2.33. The third-order valence-corrected chi connectivity index (χ3v) is 7.99. The number of allylic oxidation sites excluding steroid dienone is 3. The summed E-state index contributed by atoms with van der Waals surface area (Å²) in [5.41, 5.74) is 6.77. The van der Waals surface area contributed by atoms with Crippen molar-refractivity contribution < 1.29 is 19.8 Å². The molecule has 1 aliphatic carbocycles. The van der Waals surface area contributed by atoms with Crippen LogP contribution in [-0.2, 0) is 11.1 Å². The highest BCUT2D eigenvalue weighted by Gasteiger charge is 2.23. The van der Waals surface area contributed by atoms with Gasteiger partial charge in [-0.05, 0) is 74.2 Å². The van der Waals surface area contributed by atoms with Gasteiger partial charge in [-0.3, -0.25) is 0 Å². The average molecular weight is 536 g/mol. The van der Waals surface area contributed by atoms with Gasteiger partial charge < -0.3 is 15.6 Å². The number of halogens is 1. The number of hydrogen-bond acceptors (Lipinski definition) is 6. The number of aliphatic hydroxyl groups is 1. The Morgan fingerprint density at radius 1 is 1.11 bits per heavy atom. The van der Waals surface area contributed by atoms with Gasteiger partial charge >= 0.3 is 0 Å². The lowest BCUT2D eigenvalue weighted by molar-refractivity contribution is -0.123. The topological polar surface area (TPSA) is 84.9 Å². The van der Waals surface area contributed by atoms with Crippen molar-refractivity contribution in [3.63, 3.8) is 0 Å². The zero-order valence-electron chi connectivity index (χ0n) is 19.9. The van der Waals surface area contributed by atoms with Gasteiger partial charge in [0.05, 0.1) is 22.0 Å². The molecule has 0 fully saturated rings. The quantitative estimate of drug-likeness (QED) is 0.0997. The Hall–Kier alpha value is -1.37. The van der Waals surface area contributed by atoms with Gasteiger partial charge in [0.15, 0.2) is 0 Å². The van der Waals surface area contributed by atoms with E-state index in [0.717, 1.165) is 58.2 Å². The van der Waals surface area contributed by atoms with Crippen molar-refractivity contribution >= 4 is 32.2 Å². The molecule has 3 rings (SSSR count). The lowest BCUT2D eigenvalue weighted by Crippen LogP contribution is -2.44. The normalized spacial score (nSPS) is 17.2. The van der Waals surface area contributed by atoms with E-state index in [1.165, 1.54) is 0 Å². The molecule has 0 heterocycles. The van der Waals surface area contributed by atoms with E-state index in [2.05, 4.69) is 53.2 Å². The van der Waals surface area contributed by atoms with Crippen LogP contribution in [0, 0.1) is 5.92 Å². The number of aryl methyl sites for hydroxylation is 1. The van der Waals surface area contributed by atoms with Gasteiger partial charge in [0.1, 0.15) is 5.75 Å². The second kappa shape index (κ2) is 15.0. The fraction of sp³-hybridized carbons (Fsp3) is 0.407. The Bertz CT molecular complexity index is 989. The molecule has 8 heteroatoms. The minimum absolute atomic E-state index is 0.00643. The smallest absolute Gasteiger partial charge is 0.120 e. The number of hydrogen-bond donors (Lipinski definition) is 3. The zero-order valence-corrected chi connectivity index (χ0v) is 22.4. The zero-order chi connectivity index (χ0) is 24.9. The van der Waals surface area contributed by atoms with Crippen LogP contribution >= 0.6 is 32.2 Å². The highest BCUT2D eigenvalue weighted by molar-refractivity contribution is 7.99. The number of nitrogens with two attached hydrogens (primary N) is 1. The summed E-state index contributed by atoms with van der Waals surface area (Å²) in [6.07, 6.45) is 14.2. The predicted octanol–water partition coefficient (Wildman–Crippen LogP) is 6.88. The van der Waals surface area contributed by atoms with Gasteiger partial charge in [-0.1, -0.05) is 66.2 Å². The molecule has 5 nitrogen and oxygen atoms in total. The molecule has 0 amide bonds. The highest BCUT2D eigenvalue weighted by atomic mass is 35.5. The summed E-state index contributed by atoms with van der Waals surface area (Å²) in [6.45, 7) is 0.604. The van der Waals surface area contributed by atoms with Gasteiger partial charge in [-0.2, -0.15) is 0 Å².